The first-order chi connectivity index (χ1) is 14.7. The van der Waals surface area contributed by atoms with Gasteiger partial charge >= 0.3 is 29.6 Å². The number of hydrogen-bond acceptors (Lipinski definition) is 6. The van der Waals surface area contributed by atoms with Crippen LogP contribution in [-0.2, 0) is 5.75 Å². The van der Waals surface area contributed by atoms with Crippen molar-refractivity contribution in [3.05, 3.63) is 95.8 Å². The fourth-order valence-corrected chi connectivity index (χ4v) is 3.98. The van der Waals surface area contributed by atoms with Crippen LogP contribution in [0.3, 0.4) is 0 Å². The topological polar surface area (TPSA) is 86.0 Å². The van der Waals surface area contributed by atoms with E-state index in [1.54, 1.807) is 36.7 Å². The summed E-state index contributed by atoms with van der Waals surface area (Å²) >= 11 is 1.52. The van der Waals surface area contributed by atoms with E-state index in [9.17, 15) is 15.2 Å². The molecule has 0 aliphatic heterocycles. The summed E-state index contributed by atoms with van der Waals surface area (Å²) in [5.74, 6) is 0.601. The van der Waals surface area contributed by atoms with Gasteiger partial charge < -0.3 is 14.6 Å². The Bertz CT molecular complexity index is 1290. The van der Waals surface area contributed by atoms with Gasteiger partial charge in [0.25, 0.3) is 0 Å². The molecular formula is C24H15N2NaO3S. The Morgan fingerprint density at radius 1 is 1.03 bits per heavy atom. The minimum Gasteiger partial charge on any atom is -0.545 e. The number of ether oxygens (including phenoxy) is 1. The summed E-state index contributed by atoms with van der Waals surface area (Å²) in [6.45, 7) is 0. The maximum Gasteiger partial charge on any atom is 1.00 e. The Kier molecular flexibility index (Phi) is 7.72. The molecule has 0 bridgehead atoms. The third-order valence-electron chi connectivity index (χ3n) is 4.53. The predicted molar refractivity (Wildman–Crippen MR) is 113 cm³/mol. The van der Waals surface area contributed by atoms with E-state index in [-0.39, 0.29) is 35.1 Å². The molecule has 0 saturated heterocycles. The van der Waals surface area contributed by atoms with Crippen molar-refractivity contribution < 1.29 is 44.2 Å². The third-order valence-corrected chi connectivity index (χ3v) is 5.65. The summed E-state index contributed by atoms with van der Waals surface area (Å²) in [6, 6.07) is 21.9. The first-order valence-corrected chi connectivity index (χ1v) is 10.1. The molecule has 5 nitrogen and oxygen atoms in total. The first-order valence-electron chi connectivity index (χ1n) is 9.12. The van der Waals surface area contributed by atoms with Crippen molar-refractivity contribution >= 4 is 28.5 Å². The fourth-order valence-electron chi connectivity index (χ4n) is 3.09. The van der Waals surface area contributed by atoms with E-state index in [0.717, 1.165) is 21.2 Å². The molecule has 1 heterocycles. The van der Waals surface area contributed by atoms with Gasteiger partial charge in [-0.05, 0) is 35.4 Å². The Labute approximate surface area is 206 Å². The number of thioether (sulfide) groups is 1. The molecule has 4 aromatic rings. The Balaban J connectivity index is 0.00000272. The summed E-state index contributed by atoms with van der Waals surface area (Å²) < 4.78 is 6.18. The summed E-state index contributed by atoms with van der Waals surface area (Å²) in [5, 5.41) is 22.1. The van der Waals surface area contributed by atoms with E-state index in [0.29, 0.717) is 22.8 Å². The third kappa shape index (κ3) is 5.27. The molecule has 0 amide bonds. The van der Waals surface area contributed by atoms with Crippen LogP contribution in [0.25, 0.3) is 10.8 Å². The molecule has 3 aromatic carbocycles. The molecule has 0 unspecified atom stereocenters. The van der Waals surface area contributed by atoms with E-state index in [1.165, 1.54) is 17.8 Å². The van der Waals surface area contributed by atoms with Crippen molar-refractivity contribution in [2.45, 2.75) is 10.6 Å². The monoisotopic (exact) mass is 434 g/mol. The molecule has 0 saturated carbocycles. The molecule has 0 N–H and O–H groups in total. The predicted octanol–water partition coefficient (Wildman–Crippen LogP) is 1.56. The van der Waals surface area contributed by atoms with Crippen LogP contribution < -0.4 is 39.4 Å². The summed E-state index contributed by atoms with van der Waals surface area (Å²) in [6.07, 6.45) is 3.33. The second-order valence-corrected chi connectivity index (χ2v) is 7.49. The van der Waals surface area contributed by atoms with Gasteiger partial charge in [0.2, 0.25) is 0 Å². The maximum atomic E-state index is 11.1. The zero-order valence-corrected chi connectivity index (χ0v) is 19.6. The van der Waals surface area contributed by atoms with Crippen LogP contribution in [0, 0.1) is 11.3 Å². The van der Waals surface area contributed by atoms with Crippen LogP contribution in [0.15, 0.2) is 84.0 Å². The second-order valence-electron chi connectivity index (χ2n) is 6.47. The van der Waals surface area contributed by atoms with Gasteiger partial charge in [-0.1, -0.05) is 42.5 Å². The number of pyridine rings is 1. The van der Waals surface area contributed by atoms with Crippen LogP contribution in [0.4, 0.5) is 0 Å². The number of carbonyl (C=O) groups is 1. The van der Waals surface area contributed by atoms with Crippen molar-refractivity contribution in [2.24, 2.45) is 0 Å². The fraction of sp³-hybridized carbons (Fsp3) is 0.0417. The summed E-state index contributed by atoms with van der Waals surface area (Å²) in [5.41, 5.74) is 1.61. The molecule has 0 aliphatic carbocycles. The number of fused-ring (bicyclic) bond motifs is 1. The number of carboxylic acids is 1. The number of benzene rings is 3. The van der Waals surface area contributed by atoms with Gasteiger partial charge in [-0.25, -0.2) is 0 Å². The molecule has 0 aliphatic rings. The average Bonchev–Trinajstić information content (AvgIpc) is 2.79. The molecule has 7 heteroatoms. The van der Waals surface area contributed by atoms with Crippen molar-refractivity contribution in [2.75, 3.05) is 0 Å². The van der Waals surface area contributed by atoms with E-state index in [1.807, 2.05) is 36.4 Å². The number of carboxylic acid groups (broad SMARTS) is 1. The molecule has 0 fully saturated rings. The molecule has 1 aromatic heterocycles. The van der Waals surface area contributed by atoms with E-state index in [4.69, 9.17) is 4.74 Å². The number of rotatable bonds is 6. The van der Waals surface area contributed by atoms with Crippen molar-refractivity contribution in [3.8, 4) is 17.6 Å². The number of nitrogens with zero attached hydrogens (tertiary/aromatic N) is 2. The smallest absolute Gasteiger partial charge is 0.545 e. The molecule has 31 heavy (non-hydrogen) atoms. The van der Waals surface area contributed by atoms with Gasteiger partial charge in [-0.3, -0.25) is 4.98 Å². The summed E-state index contributed by atoms with van der Waals surface area (Å²) in [7, 11) is 0. The van der Waals surface area contributed by atoms with Crippen LogP contribution in [-0.4, -0.2) is 11.0 Å². The number of aromatic carboxylic acids is 1. The van der Waals surface area contributed by atoms with Crippen LogP contribution in [0.2, 0.25) is 0 Å². The van der Waals surface area contributed by atoms with E-state index in [2.05, 4.69) is 11.1 Å². The van der Waals surface area contributed by atoms with Gasteiger partial charge in [0.05, 0.1) is 28.7 Å². The Morgan fingerprint density at radius 2 is 1.84 bits per heavy atom. The van der Waals surface area contributed by atoms with Crippen molar-refractivity contribution in [3.63, 3.8) is 0 Å². The molecule has 0 spiro atoms. The van der Waals surface area contributed by atoms with Crippen LogP contribution in [0.5, 0.6) is 11.5 Å². The van der Waals surface area contributed by atoms with Gasteiger partial charge in [0, 0.05) is 22.7 Å². The van der Waals surface area contributed by atoms with Crippen LogP contribution in [0.1, 0.15) is 21.5 Å². The number of aromatic nitrogens is 1. The molecular weight excluding hydrogens is 419 g/mol. The largest absolute Gasteiger partial charge is 1.00 e. The Hall–Kier alpha value is -2.82. The standard InChI is InChI=1S/C24H16N2O3S.Na/c25-13-18-8-9-21(20-7-2-1-6-19(18)20)29-22-14-26-11-10-23(22)30-15-16-4-3-5-17(12-16)24(27)28;/h1-12,14H,15H2,(H,27,28);/q;+1/p-1. The second kappa shape index (κ2) is 10.5. The number of hydrogen-bond donors (Lipinski definition) is 0. The maximum absolute atomic E-state index is 11.1. The zero-order valence-electron chi connectivity index (χ0n) is 16.7. The first kappa shape index (κ1) is 22.9. The minimum atomic E-state index is -1.19. The Morgan fingerprint density at radius 3 is 2.61 bits per heavy atom. The van der Waals surface area contributed by atoms with Gasteiger partial charge in [0.1, 0.15) is 5.75 Å². The number of nitriles is 1. The van der Waals surface area contributed by atoms with Gasteiger partial charge in [-0.15, -0.1) is 11.8 Å². The SMILES string of the molecule is N#Cc1ccc(Oc2cnccc2SCc2cccc(C(=O)[O-])c2)c2ccccc12.[Na+]. The molecule has 0 atom stereocenters. The average molecular weight is 434 g/mol. The molecule has 0 radical (unpaired) electrons. The zero-order chi connectivity index (χ0) is 20.9. The van der Waals surface area contributed by atoms with Gasteiger partial charge in [0.15, 0.2) is 5.75 Å². The van der Waals surface area contributed by atoms with Crippen molar-refractivity contribution in [1.29, 1.82) is 5.26 Å². The van der Waals surface area contributed by atoms with E-state index >= 15 is 0 Å². The van der Waals surface area contributed by atoms with Crippen LogP contribution >= 0.6 is 11.8 Å². The summed E-state index contributed by atoms with van der Waals surface area (Å²) in [4.78, 5) is 16.1. The molecule has 4 rings (SSSR count). The number of carbonyl (C=O) groups excluding carboxylic acids is 1. The normalized spacial score (nSPS) is 10.2. The van der Waals surface area contributed by atoms with E-state index < -0.39 is 5.97 Å². The van der Waals surface area contributed by atoms with Crippen molar-refractivity contribution in [1.82, 2.24) is 4.98 Å². The molecule has 146 valence electrons. The quantitative estimate of drug-likeness (QED) is 0.338. The minimum absolute atomic E-state index is 0. The van der Waals surface area contributed by atoms with Gasteiger partial charge in [-0.2, -0.15) is 5.26 Å².